The van der Waals surface area contributed by atoms with E-state index in [4.69, 9.17) is 11.6 Å². The Morgan fingerprint density at radius 3 is 2.62 bits per heavy atom. The molecule has 1 amide bonds. The molecule has 0 unspecified atom stereocenters. The summed E-state index contributed by atoms with van der Waals surface area (Å²) in [6.45, 7) is 2.14. The van der Waals surface area contributed by atoms with Crippen molar-refractivity contribution in [3.05, 3.63) is 38.9 Å². The SMILES string of the molecule is CCN(CCC(=O)OC)C(=O)c1cc(Cl)ccc1[N+](=O)[O-]. The number of benzene rings is 1. The summed E-state index contributed by atoms with van der Waals surface area (Å²) in [6, 6.07) is 3.79. The Morgan fingerprint density at radius 2 is 2.10 bits per heavy atom. The highest BCUT2D eigenvalue weighted by molar-refractivity contribution is 6.31. The smallest absolute Gasteiger partial charge is 0.307 e. The van der Waals surface area contributed by atoms with Crippen LogP contribution < -0.4 is 0 Å². The number of nitro benzene ring substituents is 1. The molecule has 0 saturated carbocycles. The Kier molecular flexibility index (Phi) is 6.10. The summed E-state index contributed by atoms with van der Waals surface area (Å²) >= 11 is 5.80. The number of ether oxygens (including phenoxy) is 1. The summed E-state index contributed by atoms with van der Waals surface area (Å²) in [4.78, 5) is 35.2. The van der Waals surface area contributed by atoms with E-state index < -0.39 is 16.8 Å². The second kappa shape index (κ2) is 7.58. The molecular formula is C13H15ClN2O5. The fourth-order valence-electron chi connectivity index (χ4n) is 1.74. The predicted molar refractivity (Wildman–Crippen MR) is 76.3 cm³/mol. The number of hydrogen-bond acceptors (Lipinski definition) is 5. The fraction of sp³-hybridized carbons (Fsp3) is 0.385. The van der Waals surface area contributed by atoms with Crippen LogP contribution in [-0.2, 0) is 9.53 Å². The van der Waals surface area contributed by atoms with Crippen LogP contribution in [0.5, 0.6) is 0 Å². The van der Waals surface area contributed by atoms with Gasteiger partial charge in [-0.3, -0.25) is 19.7 Å². The Hall–Kier alpha value is -2.15. The topological polar surface area (TPSA) is 89.8 Å². The van der Waals surface area contributed by atoms with E-state index in [1.165, 1.54) is 30.2 Å². The van der Waals surface area contributed by atoms with Crippen LogP contribution in [-0.4, -0.2) is 41.9 Å². The molecule has 0 fully saturated rings. The van der Waals surface area contributed by atoms with Gasteiger partial charge in [0.05, 0.1) is 18.5 Å². The van der Waals surface area contributed by atoms with Crippen LogP contribution >= 0.6 is 11.6 Å². The third-order valence-corrected chi connectivity index (χ3v) is 3.10. The third-order valence-electron chi connectivity index (χ3n) is 2.87. The first-order chi connectivity index (χ1) is 9.90. The van der Waals surface area contributed by atoms with Crippen LogP contribution in [0.1, 0.15) is 23.7 Å². The summed E-state index contributed by atoms with van der Waals surface area (Å²) in [5, 5.41) is 11.2. The molecule has 0 aliphatic carbocycles. The van der Waals surface area contributed by atoms with E-state index in [2.05, 4.69) is 4.74 Å². The molecule has 1 aromatic carbocycles. The summed E-state index contributed by atoms with van der Waals surface area (Å²) in [6.07, 6.45) is 0.0183. The van der Waals surface area contributed by atoms with Gasteiger partial charge in [0.25, 0.3) is 11.6 Å². The van der Waals surface area contributed by atoms with Crippen LogP contribution in [0.4, 0.5) is 5.69 Å². The van der Waals surface area contributed by atoms with E-state index in [0.29, 0.717) is 6.54 Å². The summed E-state index contributed by atoms with van der Waals surface area (Å²) < 4.78 is 4.51. The molecule has 7 nitrogen and oxygen atoms in total. The van der Waals surface area contributed by atoms with E-state index in [0.717, 1.165) is 0 Å². The fourth-order valence-corrected chi connectivity index (χ4v) is 1.91. The van der Waals surface area contributed by atoms with Gasteiger partial charge in [0.1, 0.15) is 5.56 Å². The molecule has 0 aliphatic heterocycles. The molecule has 0 heterocycles. The molecule has 0 saturated heterocycles. The number of methoxy groups -OCH3 is 1. The second-order valence-electron chi connectivity index (χ2n) is 4.13. The zero-order valence-electron chi connectivity index (χ0n) is 11.7. The average molecular weight is 315 g/mol. The zero-order valence-corrected chi connectivity index (χ0v) is 12.4. The summed E-state index contributed by atoms with van der Waals surface area (Å²) in [5.74, 6) is -1.00. The maximum Gasteiger partial charge on any atom is 0.307 e. The highest BCUT2D eigenvalue weighted by Crippen LogP contribution is 2.24. The Bertz CT molecular complexity index is 561. The summed E-state index contributed by atoms with van der Waals surface area (Å²) in [5.41, 5.74) is -0.417. The van der Waals surface area contributed by atoms with Crippen molar-refractivity contribution < 1.29 is 19.2 Å². The second-order valence-corrected chi connectivity index (χ2v) is 4.57. The molecule has 0 bridgehead atoms. The van der Waals surface area contributed by atoms with Gasteiger partial charge in [-0.15, -0.1) is 0 Å². The third kappa shape index (κ3) is 4.42. The van der Waals surface area contributed by atoms with Gasteiger partial charge in [0.2, 0.25) is 0 Å². The lowest BCUT2D eigenvalue weighted by Gasteiger charge is -2.20. The van der Waals surface area contributed by atoms with Crippen LogP contribution in [0.25, 0.3) is 0 Å². The molecule has 21 heavy (non-hydrogen) atoms. The lowest BCUT2D eigenvalue weighted by molar-refractivity contribution is -0.385. The number of nitrogens with zero attached hydrogens (tertiary/aromatic N) is 2. The van der Waals surface area contributed by atoms with Crippen molar-refractivity contribution in [3.63, 3.8) is 0 Å². The molecule has 0 spiro atoms. The Labute approximate surface area is 126 Å². The molecule has 1 aromatic rings. The van der Waals surface area contributed by atoms with Crippen LogP contribution in [0.3, 0.4) is 0 Å². The normalized spacial score (nSPS) is 10.0. The highest BCUT2D eigenvalue weighted by Gasteiger charge is 2.24. The van der Waals surface area contributed by atoms with E-state index in [-0.39, 0.29) is 29.2 Å². The highest BCUT2D eigenvalue weighted by atomic mass is 35.5. The van der Waals surface area contributed by atoms with Crippen molar-refractivity contribution in [2.24, 2.45) is 0 Å². The van der Waals surface area contributed by atoms with Gasteiger partial charge in [-0.25, -0.2) is 0 Å². The molecule has 0 atom stereocenters. The van der Waals surface area contributed by atoms with Crippen molar-refractivity contribution in [2.75, 3.05) is 20.2 Å². The molecular weight excluding hydrogens is 300 g/mol. The van der Waals surface area contributed by atoms with E-state index in [9.17, 15) is 19.7 Å². The number of carbonyl (C=O) groups excluding carboxylic acids is 2. The molecule has 114 valence electrons. The number of carbonyl (C=O) groups is 2. The minimum atomic E-state index is -0.641. The number of amides is 1. The summed E-state index contributed by atoms with van der Waals surface area (Å²) in [7, 11) is 1.25. The first kappa shape index (κ1) is 16.9. The number of halogens is 1. The number of nitro groups is 1. The van der Waals surface area contributed by atoms with Crippen LogP contribution in [0.15, 0.2) is 18.2 Å². The van der Waals surface area contributed by atoms with Gasteiger partial charge in [-0.2, -0.15) is 0 Å². The van der Waals surface area contributed by atoms with Crippen molar-refractivity contribution in [3.8, 4) is 0 Å². The lowest BCUT2D eigenvalue weighted by Crippen LogP contribution is -2.33. The van der Waals surface area contributed by atoms with Crippen molar-refractivity contribution in [1.29, 1.82) is 0 Å². The number of rotatable bonds is 6. The predicted octanol–water partition coefficient (Wildman–Crippen LogP) is 2.27. The molecule has 0 N–H and O–H groups in total. The van der Waals surface area contributed by atoms with Gasteiger partial charge in [0.15, 0.2) is 0 Å². The lowest BCUT2D eigenvalue weighted by atomic mass is 10.1. The van der Waals surface area contributed by atoms with Gasteiger partial charge in [-0.05, 0) is 19.1 Å². The zero-order chi connectivity index (χ0) is 16.0. The van der Waals surface area contributed by atoms with E-state index in [1.807, 2.05) is 0 Å². The van der Waals surface area contributed by atoms with Gasteiger partial charge in [0, 0.05) is 24.2 Å². The average Bonchev–Trinajstić information content (AvgIpc) is 2.46. The van der Waals surface area contributed by atoms with Gasteiger partial charge >= 0.3 is 5.97 Å². The first-order valence-electron chi connectivity index (χ1n) is 6.20. The number of hydrogen-bond donors (Lipinski definition) is 0. The monoisotopic (exact) mass is 314 g/mol. The minimum Gasteiger partial charge on any atom is -0.469 e. The van der Waals surface area contributed by atoms with Gasteiger partial charge < -0.3 is 9.64 Å². The largest absolute Gasteiger partial charge is 0.469 e. The van der Waals surface area contributed by atoms with E-state index >= 15 is 0 Å². The maximum absolute atomic E-state index is 12.4. The first-order valence-corrected chi connectivity index (χ1v) is 6.58. The Morgan fingerprint density at radius 1 is 1.43 bits per heavy atom. The number of esters is 1. The van der Waals surface area contributed by atoms with Crippen molar-refractivity contribution >= 4 is 29.2 Å². The van der Waals surface area contributed by atoms with Crippen LogP contribution in [0.2, 0.25) is 5.02 Å². The van der Waals surface area contributed by atoms with Gasteiger partial charge in [-0.1, -0.05) is 11.6 Å². The van der Waals surface area contributed by atoms with Crippen LogP contribution in [0, 0.1) is 10.1 Å². The quantitative estimate of drug-likeness (QED) is 0.456. The van der Waals surface area contributed by atoms with Crippen molar-refractivity contribution in [2.45, 2.75) is 13.3 Å². The maximum atomic E-state index is 12.4. The van der Waals surface area contributed by atoms with Crippen molar-refractivity contribution in [1.82, 2.24) is 4.90 Å². The molecule has 0 aliphatic rings. The molecule has 0 radical (unpaired) electrons. The molecule has 1 rings (SSSR count). The molecule has 8 heteroatoms. The standard InChI is InChI=1S/C13H15ClN2O5/c1-3-15(7-6-12(17)21-2)13(18)10-8-9(14)4-5-11(10)16(19)20/h4-5,8H,3,6-7H2,1-2H3. The molecule has 0 aromatic heterocycles. The van der Waals surface area contributed by atoms with E-state index in [1.54, 1.807) is 6.92 Å². The minimum absolute atomic E-state index is 0.0183. The Balaban J connectivity index is 3.02.